The summed E-state index contributed by atoms with van der Waals surface area (Å²) in [6, 6.07) is 8.65. The molecule has 3 rings (SSSR count). The molecule has 0 aliphatic heterocycles. The van der Waals surface area contributed by atoms with Crippen LogP contribution < -0.4 is 10.6 Å². The van der Waals surface area contributed by atoms with E-state index in [1.165, 1.54) is 16.7 Å². The Morgan fingerprint density at radius 3 is 2.68 bits per heavy atom. The van der Waals surface area contributed by atoms with E-state index in [2.05, 4.69) is 53.8 Å². The van der Waals surface area contributed by atoms with Gasteiger partial charge >= 0.3 is 6.03 Å². The molecule has 0 saturated heterocycles. The summed E-state index contributed by atoms with van der Waals surface area (Å²) in [5, 5.41) is 10.6. The Bertz CT molecular complexity index is 780. The van der Waals surface area contributed by atoms with Gasteiger partial charge in [-0.25, -0.2) is 4.79 Å². The fourth-order valence-corrected chi connectivity index (χ4v) is 3.61. The van der Waals surface area contributed by atoms with Crippen molar-refractivity contribution in [3.63, 3.8) is 0 Å². The third-order valence-electron chi connectivity index (χ3n) is 5.24. The molecule has 1 aromatic carbocycles. The number of carbonyl (C=O) groups is 1. The van der Waals surface area contributed by atoms with Gasteiger partial charge in [0, 0.05) is 30.7 Å². The van der Waals surface area contributed by atoms with Gasteiger partial charge in [-0.2, -0.15) is 5.10 Å². The first-order valence-corrected chi connectivity index (χ1v) is 8.98. The number of rotatable bonds is 5. The second-order valence-electron chi connectivity index (χ2n) is 7.30. The summed E-state index contributed by atoms with van der Waals surface area (Å²) in [7, 11) is 1.95. The molecule has 25 heavy (non-hydrogen) atoms. The van der Waals surface area contributed by atoms with Crippen LogP contribution in [0.25, 0.3) is 0 Å². The van der Waals surface area contributed by atoms with Crippen LogP contribution in [0.15, 0.2) is 24.3 Å². The van der Waals surface area contributed by atoms with E-state index in [1.807, 2.05) is 25.6 Å². The van der Waals surface area contributed by atoms with Crippen LogP contribution >= 0.6 is 0 Å². The van der Waals surface area contributed by atoms with Gasteiger partial charge in [0.15, 0.2) is 0 Å². The Balaban J connectivity index is 1.51. The normalized spacial score (nSPS) is 20.2. The number of hydrogen-bond donors (Lipinski definition) is 2. The van der Waals surface area contributed by atoms with E-state index in [1.54, 1.807) is 0 Å². The summed E-state index contributed by atoms with van der Waals surface area (Å²) in [5.41, 5.74) is 6.07. The van der Waals surface area contributed by atoms with E-state index < -0.39 is 0 Å². The highest BCUT2D eigenvalue weighted by Crippen LogP contribution is 2.42. The SMILES string of the molecule is Cc1ccccc1[C@H]1C[C@@H]1NC(=O)N[C@@H](C)Cc1c(C)nn(C)c1C. The highest BCUT2D eigenvalue weighted by Gasteiger charge is 2.40. The van der Waals surface area contributed by atoms with Gasteiger partial charge in [0.2, 0.25) is 0 Å². The minimum Gasteiger partial charge on any atom is -0.335 e. The second kappa shape index (κ2) is 6.90. The Kier molecular flexibility index (Phi) is 4.84. The molecule has 1 heterocycles. The second-order valence-corrected chi connectivity index (χ2v) is 7.30. The average molecular weight is 340 g/mol. The molecule has 0 unspecified atom stereocenters. The van der Waals surface area contributed by atoms with Gasteiger partial charge in [0.25, 0.3) is 0 Å². The maximum atomic E-state index is 12.3. The predicted molar refractivity (Wildman–Crippen MR) is 99.8 cm³/mol. The number of amides is 2. The molecule has 5 nitrogen and oxygen atoms in total. The van der Waals surface area contributed by atoms with Crippen molar-refractivity contribution < 1.29 is 4.79 Å². The lowest BCUT2D eigenvalue weighted by Gasteiger charge is -2.15. The Morgan fingerprint density at radius 1 is 1.32 bits per heavy atom. The molecule has 1 aromatic heterocycles. The third-order valence-corrected chi connectivity index (χ3v) is 5.24. The largest absolute Gasteiger partial charge is 0.335 e. The van der Waals surface area contributed by atoms with E-state index >= 15 is 0 Å². The molecule has 0 radical (unpaired) electrons. The Hall–Kier alpha value is -2.30. The van der Waals surface area contributed by atoms with Gasteiger partial charge in [-0.3, -0.25) is 4.68 Å². The van der Waals surface area contributed by atoms with Crippen molar-refractivity contribution in [2.24, 2.45) is 7.05 Å². The van der Waals surface area contributed by atoms with Crippen molar-refractivity contribution in [3.05, 3.63) is 52.3 Å². The van der Waals surface area contributed by atoms with Crippen LogP contribution in [0.3, 0.4) is 0 Å². The monoisotopic (exact) mass is 340 g/mol. The minimum atomic E-state index is -0.0761. The molecule has 2 amide bonds. The number of nitrogens with zero attached hydrogens (tertiary/aromatic N) is 2. The Labute approximate surface area is 149 Å². The molecule has 1 aliphatic rings. The van der Waals surface area contributed by atoms with Gasteiger partial charge in [0.05, 0.1) is 5.69 Å². The molecule has 0 bridgehead atoms. The van der Waals surface area contributed by atoms with Gasteiger partial charge < -0.3 is 10.6 Å². The van der Waals surface area contributed by atoms with Gasteiger partial charge in [-0.05, 0) is 57.2 Å². The van der Waals surface area contributed by atoms with Crippen molar-refractivity contribution in [3.8, 4) is 0 Å². The molecule has 2 aromatic rings. The molecule has 0 spiro atoms. The molecular formula is C20H28N4O. The van der Waals surface area contributed by atoms with Gasteiger partial charge in [-0.1, -0.05) is 24.3 Å². The molecular weight excluding hydrogens is 312 g/mol. The van der Waals surface area contributed by atoms with Crippen molar-refractivity contribution in [1.29, 1.82) is 0 Å². The Morgan fingerprint density at radius 2 is 2.04 bits per heavy atom. The lowest BCUT2D eigenvalue weighted by Crippen LogP contribution is -2.43. The molecule has 1 fully saturated rings. The van der Waals surface area contributed by atoms with Crippen LogP contribution in [0.4, 0.5) is 4.79 Å². The fraction of sp³-hybridized carbons (Fsp3) is 0.500. The maximum absolute atomic E-state index is 12.3. The number of aryl methyl sites for hydroxylation is 3. The van der Waals surface area contributed by atoms with Crippen molar-refractivity contribution in [2.75, 3.05) is 0 Å². The lowest BCUT2D eigenvalue weighted by molar-refractivity contribution is 0.237. The highest BCUT2D eigenvalue weighted by molar-refractivity contribution is 5.75. The zero-order valence-corrected chi connectivity index (χ0v) is 15.8. The molecule has 1 saturated carbocycles. The number of hydrogen-bond acceptors (Lipinski definition) is 2. The number of urea groups is 1. The van der Waals surface area contributed by atoms with E-state index in [0.717, 1.165) is 24.2 Å². The van der Waals surface area contributed by atoms with Crippen LogP contribution in [-0.2, 0) is 13.5 Å². The summed E-state index contributed by atoms with van der Waals surface area (Å²) in [6.07, 6.45) is 1.82. The van der Waals surface area contributed by atoms with Crippen LogP contribution in [0.1, 0.15) is 47.3 Å². The van der Waals surface area contributed by atoms with Crippen molar-refractivity contribution in [2.45, 2.75) is 58.5 Å². The molecule has 134 valence electrons. The zero-order valence-electron chi connectivity index (χ0n) is 15.8. The first-order valence-electron chi connectivity index (χ1n) is 8.98. The summed E-state index contributed by atoms with van der Waals surface area (Å²) < 4.78 is 1.90. The molecule has 1 aliphatic carbocycles. The summed E-state index contributed by atoms with van der Waals surface area (Å²) in [6.45, 7) is 8.26. The van der Waals surface area contributed by atoms with Crippen molar-refractivity contribution >= 4 is 6.03 Å². The van der Waals surface area contributed by atoms with Gasteiger partial charge in [-0.15, -0.1) is 0 Å². The summed E-state index contributed by atoms with van der Waals surface area (Å²) in [5.74, 6) is 0.449. The number of aromatic nitrogens is 2. The number of benzene rings is 1. The first-order chi connectivity index (χ1) is 11.9. The van der Waals surface area contributed by atoms with Crippen LogP contribution in [0, 0.1) is 20.8 Å². The first kappa shape index (κ1) is 17.5. The zero-order chi connectivity index (χ0) is 18.1. The minimum absolute atomic E-state index is 0.0669. The van der Waals surface area contributed by atoms with E-state index in [9.17, 15) is 4.79 Å². The van der Waals surface area contributed by atoms with Crippen LogP contribution in [-0.4, -0.2) is 27.9 Å². The average Bonchev–Trinajstić information content (AvgIpc) is 3.25. The highest BCUT2D eigenvalue weighted by atomic mass is 16.2. The smallest absolute Gasteiger partial charge is 0.315 e. The van der Waals surface area contributed by atoms with E-state index in [-0.39, 0.29) is 18.1 Å². The topological polar surface area (TPSA) is 59.0 Å². The van der Waals surface area contributed by atoms with Crippen molar-refractivity contribution in [1.82, 2.24) is 20.4 Å². The number of nitrogens with one attached hydrogen (secondary N) is 2. The molecule has 2 N–H and O–H groups in total. The van der Waals surface area contributed by atoms with E-state index in [0.29, 0.717) is 5.92 Å². The van der Waals surface area contributed by atoms with Crippen LogP contribution in [0.5, 0.6) is 0 Å². The maximum Gasteiger partial charge on any atom is 0.315 e. The van der Waals surface area contributed by atoms with Crippen LogP contribution in [0.2, 0.25) is 0 Å². The van der Waals surface area contributed by atoms with Gasteiger partial charge in [0.1, 0.15) is 0 Å². The molecule has 5 heteroatoms. The molecule has 3 atom stereocenters. The van der Waals surface area contributed by atoms with E-state index in [4.69, 9.17) is 0 Å². The quantitative estimate of drug-likeness (QED) is 0.878. The predicted octanol–water partition coefficient (Wildman–Crippen LogP) is 3.13. The number of carbonyl (C=O) groups excluding carboxylic acids is 1. The summed E-state index contributed by atoms with van der Waals surface area (Å²) in [4.78, 5) is 12.3. The summed E-state index contributed by atoms with van der Waals surface area (Å²) >= 11 is 0. The standard InChI is InChI=1S/C20H28N4O/c1-12-8-6-7-9-16(12)18-11-19(18)22-20(25)21-13(2)10-17-14(3)23-24(5)15(17)4/h6-9,13,18-19H,10-11H2,1-5H3,(H2,21,22,25)/t13-,18+,19-/m0/s1. The third kappa shape index (κ3) is 3.86. The lowest BCUT2D eigenvalue weighted by atomic mass is 10.0. The fourth-order valence-electron chi connectivity index (χ4n) is 3.61.